The zero-order valence-corrected chi connectivity index (χ0v) is 19.5. The summed E-state index contributed by atoms with van der Waals surface area (Å²) in [4.78, 5) is 26.9. The SMILES string of the molecule is CCCCCCNS(=O)(=O)c1ccc(NC(=O)C2CC(=O)N(c3cccc(C)c3)C2)cc1. The van der Waals surface area contributed by atoms with Crippen molar-refractivity contribution < 1.29 is 18.0 Å². The molecule has 172 valence electrons. The average Bonchev–Trinajstić information content (AvgIpc) is 3.16. The molecule has 7 nitrogen and oxygen atoms in total. The van der Waals surface area contributed by atoms with E-state index in [4.69, 9.17) is 0 Å². The number of benzene rings is 2. The van der Waals surface area contributed by atoms with Gasteiger partial charge in [0.25, 0.3) is 0 Å². The van der Waals surface area contributed by atoms with Crippen LogP contribution in [0.2, 0.25) is 0 Å². The predicted molar refractivity (Wildman–Crippen MR) is 126 cm³/mol. The molecule has 1 saturated heterocycles. The van der Waals surface area contributed by atoms with Crippen molar-refractivity contribution in [3.05, 3.63) is 54.1 Å². The third kappa shape index (κ3) is 6.17. The lowest BCUT2D eigenvalue weighted by Crippen LogP contribution is -2.28. The summed E-state index contributed by atoms with van der Waals surface area (Å²) in [6, 6.07) is 13.7. The van der Waals surface area contributed by atoms with E-state index in [9.17, 15) is 18.0 Å². The molecule has 2 aromatic carbocycles. The number of carbonyl (C=O) groups excluding carboxylic acids is 2. The number of amides is 2. The molecule has 1 fully saturated rings. The van der Waals surface area contributed by atoms with Gasteiger partial charge in [0, 0.05) is 30.9 Å². The van der Waals surface area contributed by atoms with Crippen molar-refractivity contribution in [1.29, 1.82) is 0 Å². The minimum absolute atomic E-state index is 0.0813. The summed E-state index contributed by atoms with van der Waals surface area (Å²) in [5.41, 5.74) is 2.34. The number of carbonyl (C=O) groups is 2. The zero-order chi connectivity index (χ0) is 23.1. The van der Waals surface area contributed by atoms with Crippen LogP contribution in [0.1, 0.15) is 44.6 Å². The van der Waals surface area contributed by atoms with Crippen LogP contribution in [0.5, 0.6) is 0 Å². The highest BCUT2D eigenvalue weighted by Crippen LogP contribution is 2.27. The molecule has 2 N–H and O–H groups in total. The molecule has 32 heavy (non-hydrogen) atoms. The minimum Gasteiger partial charge on any atom is -0.326 e. The first kappa shape index (κ1) is 23.9. The molecule has 0 aliphatic carbocycles. The third-order valence-corrected chi connectivity index (χ3v) is 7.04. The first-order valence-corrected chi connectivity index (χ1v) is 12.6. The molecule has 0 radical (unpaired) electrons. The van der Waals surface area contributed by atoms with E-state index < -0.39 is 15.9 Å². The predicted octanol–water partition coefficient (Wildman–Crippen LogP) is 3.85. The number of hydrogen-bond donors (Lipinski definition) is 2. The Balaban J connectivity index is 1.56. The summed E-state index contributed by atoms with van der Waals surface area (Å²) in [6.45, 7) is 4.80. The van der Waals surface area contributed by atoms with Gasteiger partial charge in [-0.25, -0.2) is 13.1 Å². The summed E-state index contributed by atoms with van der Waals surface area (Å²) in [5.74, 6) is -0.795. The number of aryl methyl sites for hydroxylation is 1. The van der Waals surface area contributed by atoms with Gasteiger partial charge in [-0.05, 0) is 55.3 Å². The van der Waals surface area contributed by atoms with Crippen LogP contribution >= 0.6 is 0 Å². The van der Waals surface area contributed by atoms with Crippen LogP contribution in [0.15, 0.2) is 53.4 Å². The van der Waals surface area contributed by atoms with Crippen molar-refractivity contribution in [3.8, 4) is 0 Å². The van der Waals surface area contributed by atoms with Gasteiger partial charge in [-0.3, -0.25) is 9.59 Å². The molecule has 8 heteroatoms. The molecule has 0 saturated carbocycles. The molecule has 1 atom stereocenters. The smallest absolute Gasteiger partial charge is 0.240 e. The Bertz CT molecular complexity index is 1050. The number of nitrogens with zero attached hydrogens (tertiary/aromatic N) is 1. The molecular formula is C24H31N3O4S. The zero-order valence-electron chi connectivity index (χ0n) is 18.6. The molecule has 1 aliphatic rings. The standard InChI is InChI=1S/C24H31N3O4S/c1-3-4-5-6-14-25-32(30,31)22-12-10-20(11-13-22)26-24(29)19-16-23(28)27(17-19)21-9-7-8-18(2)15-21/h7-13,15,19,25H,3-6,14,16-17H2,1-2H3,(H,26,29). The second kappa shape index (κ2) is 10.7. The molecule has 3 rings (SSSR count). The normalized spacial score (nSPS) is 16.4. The summed E-state index contributed by atoms with van der Waals surface area (Å²) in [7, 11) is -3.57. The largest absolute Gasteiger partial charge is 0.326 e. The van der Waals surface area contributed by atoms with Crippen LogP contribution in [0.3, 0.4) is 0 Å². The summed E-state index contributed by atoms with van der Waals surface area (Å²) in [5, 5.41) is 2.80. The number of sulfonamides is 1. The van der Waals surface area contributed by atoms with E-state index in [1.165, 1.54) is 12.1 Å². The van der Waals surface area contributed by atoms with Crippen LogP contribution in [-0.2, 0) is 19.6 Å². The molecule has 1 unspecified atom stereocenters. The number of nitrogens with one attached hydrogen (secondary N) is 2. The fourth-order valence-corrected chi connectivity index (χ4v) is 4.81. The maximum atomic E-state index is 12.7. The van der Waals surface area contributed by atoms with Gasteiger partial charge in [0.2, 0.25) is 21.8 Å². The highest BCUT2D eigenvalue weighted by atomic mass is 32.2. The maximum Gasteiger partial charge on any atom is 0.240 e. The van der Waals surface area contributed by atoms with Crippen molar-refractivity contribution in [2.24, 2.45) is 5.92 Å². The van der Waals surface area contributed by atoms with Gasteiger partial charge in [0.15, 0.2) is 0 Å². The van der Waals surface area contributed by atoms with E-state index in [1.807, 2.05) is 31.2 Å². The van der Waals surface area contributed by atoms with Crippen molar-refractivity contribution in [3.63, 3.8) is 0 Å². The van der Waals surface area contributed by atoms with Gasteiger partial charge in [-0.1, -0.05) is 38.3 Å². The number of hydrogen-bond acceptors (Lipinski definition) is 4. The van der Waals surface area contributed by atoms with Crippen molar-refractivity contribution >= 4 is 33.2 Å². The van der Waals surface area contributed by atoms with Crippen LogP contribution in [0, 0.1) is 12.8 Å². The Morgan fingerprint density at radius 1 is 1.09 bits per heavy atom. The van der Waals surface area contributed by atoms with E-state index in [0.29, 0.717) is 18.8 Å². The first-order valence-electron chi connectivity index (χ1n) is 11.1. The topological polar surface area (TPSA) is 95.6 Å². The second-order valence-electron chi connectivity index (χ2n) is 8.22. The summed E-state index contributed by atoms with van der Waals surface area (Å²) < 4.78 is 27.4. The maximum absolute atomic E-state index is 12.7. The van der Waals surface area contributed by atoms with Crippen molar-refractivity contribution in [2.45, 2.75) is 50.8 Å². The third-order valence-electron chi connectivity index (χ3n) is 5.56. The Labute approximate surface area is 190 Å². The van der Waals surface area contributed by atoms with Gasteiger partial charge >= 0.3 is 0 Å². The first-order chi connectivity index (χ1) is 15.3. The minimum atomic E-state index is -3.57. The lowest BCUT2D eigenvalue weighted by atomic mass is 10.1. The fraction of sp³-hybridized carbons (Fsp3) is 0.417. The lowest BCUT2D eigenvalue weighted by Gasteiger charge is -2.17. The molecule has 0 aromatic heterocycles. The molecule has 0 spiro atoms. The van der Waals surface area contributed by atoms with E-state index in [1.54, 1.807) is 17.0 Å². The Morgan fingerprint density at radius 3 is 2.53 bits per heavy atom. The van der Waals surface area contributed by atoms with E-state index in [2.05, 4.69) is 17.0 Å². The molecular weight excluding hydrogens is 426 g/mol. The summed E-state index contributed by atoms with van der Waals surface area (Å²) in [6.07, 6.45) is 4.13. The number of unbranched alkanes of at least 4 members (excludes halogenated alkanes) is 3. The highest BCUT2D eigenvalue weighted by Gasteiger charge is 2.35. The number of rotatable bonds is 10. The molecule has 1 aliphatic heterocycles. The van der Waals surface area contributed by atoms with Crippen LogP contribution in [-0.4, -0.2) is 33.3 Å². The molecule has 0 bridgehead atoms. The Hall–Kier alpha value is -2.71. The highest BCUT2D eigenvalue weighted by molar-refractivity contribution is 7.89. The molecule has 2 aromatic rings. The monoisotopic (exact) mass is 457 g/mol. The Morgan fingerprint density at radius 2 is 1.84 bits per heavy atom. The van der Waals surface area contributed by atoms with Crippen LogP contribution < -0.4 is 14.9 Å². The van der Waals surface area contributed by atoms with Crippen LogP contribution in [0.25, 0.3) is 0 Å². The van der Waals surface area contributed by atoms with Gasteiger partial charge in [0.1, 0.15) is 0 Å². The van der Waals surface area contributed by atoms with E-state index in [0.717, 1.165) is 36.9 Å². The summed E-state index contributed by atoms with van der Waals surface area (Å²) >= 11 is 0. The number of anilines is 2. The average molecular weight is 458 g/mol. The molecule has 2 amide bonds. The fourth-order valence-electron chi connectivity index (χ4n) is 3.73. The van der Waals surface area contributed by atoms with Crippen molar-refractivity contribution in [1.82, 2.24) is 4.72 Å². The quantitative estimate of drug-likeness (QED) is 0.530. The van der Waals surface area contributed by atoms with Gasteiger partial charge < -0.3 is 10.2 Å². The Kier molecular flexibility index (Phi) is 8.04. The molecule has 1 heterocycles. The lowest BCUT2D eigenvalue weighted by molar-refractivity contribution is -0.122. The van der Waals surface area contributed by atoms with Gasteiger partial charge in [0.05, 0.1) is 10.8 Å². The van der Waals surface area contributed by atoms with Gasteiger partial charge in [-0.2, -0.15) is 0 Å². The van der Waals surface area contributed by atoms with Gasteiger partial charge in [-0.15, -0.1) is 0 Å². The van der Waals surface area contributed by atoms with Crippen LogP contribution in [0.4, 0.5) is 11.4 Å². The van der Waals surface area contributed by atoms with E-state index in [-0.39, 0.29) is 23.1 Å². The second-order valence-corrected chi connectivity index (χ2v) is 9.98. The van der Waals surface area contributed by atoms with E-state index >= 15 is 0 Å². The van der Waals surface area contributed by atoms with Crippen molar-refractivity contribution in [2.75, 3.05) is 23.3 Å².